The van der Waals surface area contributed by atoms with Crippen molar-refractivity contribution in [1.82, 2.24) is 4.98 Å². The summed E-state index contributed by atoms with van der Waals surface area (Å²) in [7, 11) is 0. The van der Waals surface area contributed by atoms with Gasteiger partial charge in [0.15, 0.2) is 0 Å². The molecule has 1 atom stereocenters. The standard InChI is InChI=1S/C19H13ClN2O/c20-16-6-4-14(5-7-16)19(23)18-12-22-9-8-17(18)15-3-1-2-13(10-15)11-21/h1-10,12,19,23H. The lowest BCUT2D eigenvalue weighted by Gasteiger charge is -2.16. The second-order valence-electron chi connectivity index (χ2n) is 5.11. The van der Waals surface area contributed by atoms with Crippen molar-refractivity contribution in [3.63, 3.8) is 0 Å². The van der Waals surface area contributed by atoms with E-state index in [2.05, 4.69) is 11.1 Å². The minimum Gasteiger partial charge on any atom is -0.384 e. The Labute approximate surface area is 139 Å². The average Bonchev–Trinajstić information content (AvgIpc) is 2.62. The number of halogens is 1. The third-order valence-corrected chi connectivity index (χ3v) is 3.89. The number of nitriles is 1. The number of aliphatic hydroxyl groups excluding tert-OH is 1. The summed E-state index contributed by atoms with van der Waals surface area (Å²) in [6.45, 7) is 0. The monoisotopic (exact) mass is 320 g/mol. The Morgan fingerprint density at radius 3 is 2.61 bits per heavy atom. The zero-order valence-corrected chi connectivity index (χ0v) is 12.9. The van der Waals surface area contributed by atoms with Gasteiger partial charge in [-0.1, -0.05) is 35.9 Å². The summed E-state index contributed by atoms with van der Waals surface area (Å²) in [5.74, 6) is 0. The molecular weight excluding hydrogens is 308 g/mol. The molecule has 0 aliphatic rings. The van der Waals surface area contributed by atoms with Crippen molar-refractivity contribution < 1.29 is 5.11 Å². The van der Waals surface area contributed by atoms with Gasteiger partial charge < -0.3 is 5.11 Å². The van der Waals surface area contributed by atoms with Crippen LogP contribution in [0.25, 0.3) is 11.1 Å². The van der Waals surface area contributed by atoms with Crippen LogP contribution >= 0.6 is 11.6 Å². The van der Waals surface area contributed by atoms with Gasteiger partial charge in [-0.25, -0.2) is 0 Å². The third-order valence-electron chi connectivity index (χ3n) is 3.63. The first kappa shape index (κ1) is 15.2. The van der Waals surface area contributed by atoms with E-state index in [0.717, 1.165) is 16.7 Å². The van der Waals surface area contributed by atoms with Crippen LogP contribution in [0.4, 0.5) is 0 Å². The Morgan fingerprint density at radius 2 is 1.87 bits per heavy atom. The Balaban J connectivity index is 2.07. The van der Waals surface area contributed by atoms with E-state index < -0.39 is 6.10 Å². The molecule has 0 fully saturated rings. The van der Waals surface area contributed by atoms with Crippen LogP contribution in [-0.4, -0.2) is 10.1 Å². The fourth-order valence-electron chi connectivity index (χ4n) is 2.47. The highest BCUT2D eigenvalue weighted by Crippen LogP contribution is 2.31. The Bertz CT molecular complexity index is 869. The minimum atomic E-state index is -0.818. The summed E-state index contributed by atoms with van der Waals surface area (Å²) in [5.41, 5.74) is 3.71. The predicted octanol–water partition coefficient (Wildman–Crippen LogP) is 4.36. The normalized spacial score (nSPS) is 11.7. The van der Waals surface area contributed by atoms with Crippen LogP contribution in [0.15, 0.2) is 67.0 Å². The lowest BCUT2D eigenvalue weighted by molar-refractivity contribution is 0.220. The van der Waals surface area contributed by atoms with Gasteiger partial charge in [-0.15, -0.1) is 0 Å². The third kappa shape index (κ3) is 3.24. The van der Waals surface area contributed by atoms with Crippen molar-refractivity contribution in [3.8, 4) is 17.2 Å². The molecule has 1 heterocycles. The molecule has 0 bridgehead atoms. The van der Waals surface area contributed by atoms with Crippen LogP contribution < -0.4 is 0 Å². The van der Waals surface area contributed by atoms with Crippen LogP contribution in [0, 0.1) is 11.3 Å². The average molecular weight is 321 g/mol. The lowest BCUT2D eigenvalue weighted by atomic mass is 9.94. The molecule has 0 saturated heterocycles. The van der Waals surface area contributed by atoms with Crippen LogP contribution in [0.5, 0.6) is 0 Å². The Hall–Kier alpha value is -2.67. The molecule has 1 unspecified atom stereocenters. The number of hydrogen-bond acceptors (Lipinski definition) is 3. The van der Waals surface area contributed by atoms with Gasteiger partial charge in [0, 0.05) is 23.0 Å². The van der Waals surface area contributed by atoms with E-state index in [1.54, 1.807) is 48.8 Å². The smallest absolute Gasteiger partial charge is 0.106 e. The second kappa shape index (κ2) is 6.62. The van der Waals surface area contributed by atoms with Crippen molar-refractivity contribution in [2.75, 3.05) is 0 Å². The van der Waals surface area contributed by atoms with E-state index in [4.69, 9.17) is 16.9 Å². The number of nitrogens with zero attached hydrogens (tertiary/aromatic N) is 2. The van der Waals surface area contributed by atoms with Crippen LogP contribution in [0.1, 0.15) is 22.8 Å². The maximum atomic E-state index is 10.7. The summed E-state index contributed by atoms with van der Waals surface area (Å²) in [5, 5.41) is 20.4. The van der Waals surface area contributed by atoms with E-state index in [0.29, 0.717) is 16.1 Å². The van der Waals surface area contributed by atoms with E-state index >= 15 is 0 Å². The predicted molar refractivity (Wildman–Crippen MR) is 89.9 cm³/mol. The van der Waals surface area contributed by atoms with Crippen molar-refractivity contribution in [2.24, 2.45) is 0 Å². The van der Waals surface area contributed by atoms with Crippen molar-refractivity contribution >= 4 is 11.6 Å². The van der Waals surface area contributed by atoms with Gasteiger partial charge in [-0.2, -0.15) is 5.26 Å². The van der Waals surface area contributed by atoms with Crippen LogP contribution in [-0.2, 0) is 0 Å². The molecule has 3 rings (SSSR count). The minimum absolute atomic E-state index is 0.575. The van der Waals surface area contributed by atoms with E-state index in [-0.39, 0.29) is 0 Å². The van der Waals surface area contributed by atoms with Gasteiger partial charge in [-0.3, -0.25) is 4.98 Å². The van der Waals surface area contributed by atoms with Gasteiger partial charge in [0.1, 0.15) is 6.10 Å². The SMILES string of the molecule is N#Cc1cccc(-c2ccncc2C(O)c2ccc(Cl)cc2)c1. The summed E-state index contributed by atoms with van der Waals surface area (Å²) in [6, 6.07) is 18.3. The quantitative estimate of drug-likeness (QED) is 0.780. The first-order chi connectivity index (χ1) is 11.2. The molecule has 3 aromatic rings. The van der Waals surface area contributed by atoms with Gasteiger partial charge in [0.2, 0.25) is 0 Å². The zero-order valence-electron chi connectivity index (χ0n) is 12.1. The van der Waals surface area contributed by atoms with Crippen molar-refractivity contribution in [2.45, 2.75) is 6.10 Å². The molecule has 23 heavy (non-hydrogen) atoms. The number of hydrogen-bond donors (Lipinski definition) is 1. The van der Waals surface area contributed by atoms with Gasteiger partial charge in [-0.05, 0) is 47.0 Å². The number of pyridine rings is 1. The maximum Gasteiger partial charge on any atom is 0.106 e. The Morgan fingerprint density at radius 1 is 1.09 bits per heavy atom. The summed E-state index contributed by atoms with van der Waals surface area (Å²) in [6.07, 6.45) is 2.50. The number of aromatic nitrogens is 1. The maximum absolute atomic E-state index is 10.7. The highest BCUT2D eigenvalue weighted by Gasteiger charge is 2.16. The molecule has 0 radical (unpaired) electrons. The molecule has 0 saturated carbocycles. The van der Waals surface area contributed by atoms with Gasteiger partial charge in [0.25, 0.3) is 0 Å². The fraction of sp³-hybridized carbons (Fsp3) is 0.0526. The molecule has 0 spiro atoms. The molecule has 3 nitrogen and oxygen atoms in total. The van der Waals surface area contributed by atoms with E-state index in [9.17, 15) is 5.11 Å². The molecule has 1 aromatic heterocycles. The first-order valence-corrected chi connectivity index (χ1v) is 7.45. The summed E-state index contributed by atoms with van der Waals surface area (Å²) in [4.78, 5) is 4.13. The van der Waals surface area contributed by atoms with E-state index in [1.165, 1.54) is 0 Å². The van der Waals surface area contributed by atoms with Crippen molar-refractivity contribution in [1.29, 1.82) is 5.26 Å². The molecule has 0 amide bonds. The molecule has 0 aliphatic heterocycles. The summed E-state index contributed by atoms with van der Waals surface area (Å²) < 4.78 is 0. The van der Waals surface area contributed by atoms with Gasteiger partial charge >= 0.3 is 0 Å². The molecule has 0 aliphatic carbocycles. The van der Waals surface area contributed by atoms with Crippen LogP contribution in [0.3, 0.4) is 0 Å². The first-order valence-electron chi connectivity index (χ1n) is 7.07. The Kier molecular flexibility index (Phi) is 4.38. The molecule has 2 aromatic carbocycles. The number of aliphatic hydroxyl groups is 1. The van der Waals surface area contributed by atoms with Gasteiger partial charge in [0.05, 0.1) is 11.6 Å². The molecule has 1 N–H and O–H groups in total. The lowest BCUT2D eigenvalue weighted by Crippen LogP contribution is -2.02. The number of rotatable bonds is 3. The van der Waals surface area contributed by atoms with Crippen molar-refractivity contribution in [3.05, 3.63) is 88.7 Å². The summed E-state index contributed by atoms with van der Waals surface area (Å²) >= 11 is 5.90. The number of benzene rings is 2. The zero-order chi connectivity index (χ0) is 16.2. The highest BCUT2D eigenvalue weighted by molar-refractivity contribution is 6.30. The molecular formula is C19H13ClN2O. The molecule has 112 valence electrons. The van der Waals surface area contributed by atoms with Crippen LogP contribution in [0.2, 0.25) is 5.02 Å². The second-order valence-corrected chi connectivity index (χ2v) is 5.55. The topological polar surface area (TPSA) is 56.9 Å². The van der Waals surface area contributed by atoms with E-state index in [1.807, 2.05) is 18.2 Å². The fourth-order valence-corrected chi connectivity index (χ4v) is 2.59. The largest absolute Gasteiger partial charge is 0.384 e. The molecule has 4 heteroatoms. The highest BCUT2D eigenvalue weighted by atomic mass is 35.5.